The van der Waals surface area contributed by atoms with Crippen LogP contribution in [0.4, 0.5) is 5.69 Å². The molecule has 1 aromatic carbocycles. The molecule has 0 spiro atoms. The average Bonchev–Trinajstić information content (AvgIpc) is 3.25. The highest BCUT2D eigenvalue weighted by Gasteiger charge is 2.41. The monoisotopic (exact) mass is 398 g/mol. The summed E-state index contributed by atoms with van der Waals surface area (Å²) in [7, 11) is 3.61. The average molecular weight is 399 g/mol. The fourth-order valence-corrected chi connectivity index (χ4v) is 4.07. The highest BCUT2D eigenvalue weighted by Crippen LogP contribution is 2.42. The van der Waals surface area contributed by atoms with Gasteiger partial charge in [0, 0.05) is 31.3 Å². The van der Waals surface area contributed by atoms with E-state index in [1.54, 1.807) is 13.3 Å². The van der Waals surface area contributed by atoms with E-state index in [2.05, 4.69) is 27.5 Å². The minimum atomic E-state index is -0.0676. The normalized spacial score (nSPS) is 19.2. The summed E-state index contributed by atoms with van der Waals surface area (Å²) in [4.78, 5) is 6.64. The van der Waals surface area contributed by atoms with E-state index in [1.165, 1.54) is 0 Å². The van der Waals surface area contributed by atoms with Crippen LogP contribution in [0.1, 0.15) is 23.3 Å². The van der Waals surface area contributed by atoms with Crippen molar-refractivity contribution in [2.24, 2.45) is 7.05 Å². The van der Waals surface area contributed by atoms with Crippen molar-refractivity contribution in [2.75, 3.05) is 12.0 Å². The topological polar surface area (TPSA) is 42.3 Å². The van der Waals surface area contributed by atoms with Crippen molar-refractivity contribution in [2.45, 2.75) is 12.1 Å². The van der Waals surface area contributed by atoms with Gasteiger partial charge in [-0.3, -0.25) is 4.98 Å². The molecule has 3 aromatic rings. The molecule has 7 heteroatoms. The lowest BCUT2D eigenvalue weighted by molar-refractivity contribution is 0.415. The van der Waals surface area contributed by atoms with Crippen LogP contribution >= 0.6 is 23.8 Å². The zero-order valence-corrected chi connectivity index (χ0v) is 16.5. The number of aryl methyl sites for hydroxylation is 1. The number of anilines is 1. The summed E-state index contributed by atoms with van der Waals surface area (Å²) in [6, 6.07) is 13.6. The zero-order chi connectivity index (χ0) is 19.0. The Morgan fingerprint density at radius 1 is 1.22 bits per heavy atom. The molecular weight excluding hydrogens is 380 g/mol. The van der Waals surface area contributed by atoms with Crippen LogP contribution in [-0.2, 0) is 7.05 Å². The molecule has 1 aliphatic heterocycles. The largest absolute Gasteiger partial charge is 0.495 e. The van der Waals surface area contributed by atoms with Gasteiger partial charge in [-0.1, -0.05) is 17.7 Å². The van der Waals surface area contributed by atoms with Gasteiger partial charge in [0.05, 0.1) is 29.9 Å². The third-order valence-corrected chi connectivity index (χ3v) is 5.32. The van der Waals surface area contributed by atoms with Crippen molar-refractivity contribution in [3.63, 3.8) is 0 Å². The molecule has 1 aliphatic rings. The fraction of sp³-hybridized carbons (Fsp3) is 0.200. The zero-order valence-electron chi connectivity index (χ0n) is 15.0. The second-order valence-electron chi connectivity index (χ2n) is 6.43. The van der Waals surface area contributed by atoms with Gasteiger partial charge >= 0.3 is 0 Å². The lowest BCUT2D eigenvalue weighted by Crippen LogP contribution is -2.29. The van der Waals surface area contributed by atoms with E-state index < -0.39 is 0 Å². The van der Waals surface area contributed by atoms with Gasteiger partial charge in [-0.25, -0.2) is 0 Å². The summed E-state index contributed by atoms with van der Waals surface area (Å²) in [5, 5.41) is 4.62. The van der Waals surface area contributed by atoms with Crippen molar-refractivity contribution in [1.29, 1.82) is 0 Å². The molecule has 0 saturated carbocycles. The van der Waals surface area contributed by atoms with E-state index in [1.807, 2.05) is 54.2 Å². The molecule has 27 heavy (non-hydrogen) atoms. The molecule has 2 atom stereocenters. The first-order chi connectivity index (χ1) is 13.1. The number of aromatic nitrogens is 2. The van der Waals surface area contributed by atoms with Gasteiger partial charge in [-0.2, -0.15) is 0 Å². The second kappa shape index (κ2) is 7.21. The predicted molar refractivity (Wildman–Crippen MR) is 111 cm³/mol. The molecule has 1 saturated heterocycles. The molecule has 0 aliphatic carbocycles. The van der Waals surface area contributed by atoms with Crippen LogP contribution in [-0.4, -0.2) is 21.8 Å². The summed E-state index contributed by atoms with van der Waals surface area (Å²) in [6.45, 7) is 0. The molecule has 0 bridgehead atoms. The minimum absolute atomic E-state index is 0.0435. The maximum atomic E-state index is 6.38. The molecular formula is C20H19ClN4OS. The first kappa shape index (κ1) is 17.8. The fourth-order valence-electron chi connectivity index (χ4n) is 3.48. The number of ether oxygens (including phenoxy) is 1. The first-order valence-corrected chi connectivity index (χ1v) is 9.33. The maximum absolute atomic E-state index is 6.38. The quantitative estimate of drug-likeness (QED) is 0.665. The van der Waals surface area contributed by atoms with E-state index in [9.17, 15) is 0 Å². The first-order valence-electron chi connectivity index (χ1n) is 8.54. The van der Waals surface area contributed by atoms with E-state index in [0.29, 0.717) is 15.9 Å². The van der Waals surface area contributed by atoms with E-state index in [0.717, 1.165) is 16.9 Å². The van der Waals surface area contributed by atoms with E-state index >= 15 is 0 Å². The maximum Gasteiger partial charge on any atom is 0.174 e. The number of halogens is 1. The Bertz CT molecular complexity index is 975. The molecule has 1 N–H and O–H groups in total. The Kier molecular flexibility index (Phi) is 4.76. The van der Waals surface area contributed by atoms with Gasteiger partial charge < -0.3 is 19.5 Å². The molecule has 138 valence electrons. The molecule has 0 radical (unpaired) electrons. The van der Waals surface area contributed by atoms with Gasteiger partial charge in [0.25, 0.3) is 0 Å². The van der Waals surface area contributed by atoms with Gasteiger partial charge in [0.15, 0.2) is 5.11 Å². The minimum Gasteiger partial charge on any atom is -0.495 e. The van der Waals surface area contributed by atoms with Gasteiger partial charge in [-0.15, -0.1) is 0 Å². The van der Waals surface area contributed by atoms with Crippen LogP contribution in [0.15, 0.2) is 61.1 Å². The third kappa shape index (κ3) is 3.26. The van der Waals surface area contributed by atoms with Gasteiger partial charge in [0.1, 0.15) is 5.75 Å². The van der Waals surface area contributed by atoms with Crippen molar-refractivity contribution in [1.82, 2.24) is 14.9 Å². The van der Waals surface area contributed by atoms with Gasteiger partial charge in [0.2, 0.25) is 0 Å². The lowest BCUT2D eigenvalue weighted by Gasteiger charge is -2.27. The van der Waals surface area contributed by atoms with Crippen molar-refractivity contribution in [3.8, 4) is 5.75 Å². The highest BCUT2D eigenvalue weighted by atomic mass is 35.5. The number of hydrogen-bond acceptors (Lipinski definition) is 3. The number of hydrogen-bond donors (Lipinski definition) is 1. The van der Waals surface area contributed by atoms with E-state index in [-0.39, 0.29) is 12.1 Å². The van der Waals surface area contributed by atoms with Crippen molar-refractivity contribution >= 4 is 34.6 Å². The van der Waals surface area contributed by atoms with Gasteiger partial charge in [-0.05, 0) is 54.2 Å². The molecule has 1 fully saturated rings. The van der Waals surface area contributed by atoms with Crippen LogP contribution in [0.3, 0.4) is 0 Å². The highest BCUT2D eigenvalue weighted by molar-refractivity contribution is 7.80. The van der Waals surface area contributed by atoms with Crippen molar-refractivity contribution in [3.05, 3.63) is 77.3 Å². The van der Waals surface area contributed by atoms with Crippen LogP contribution in [0.5, 0.6) is 5.75 Å². The number of pyridine rings is 1. The molecule has 4 rings (SSSR count). The molecule has 5 nitrogen and oxygen atoms in total. The summed E-state index contributed by atoms with van der Waals surface area (Å²) < 4.78 is 7.32. The SMILES string of the molecule is COc1ccc(N2C(=S)N[C@H](c3ccccn3)[C@H]2c2ccn(C)c2)cc1Cl. The number of rotatable bonds is 4. The smallest absolute Gasteiger partial charge is 0.174 e. The Balaban J connectivity index is 1.81. The Labute approximate surface area is 168 Å². The standard InChI is InChI=1S/C20H19ClN4OS/c1-24-10-8-13(12-24)19-18(16-5-3-4-9-22-16)23-20(27)25(19)14-6-7-17(26-2)15(21)11-14/h3-12,18-19H,1-2H3,(H,23,27)/t18-,19-/m1/s1. The number of thiocarbonyl (C=S) groups is 1. The van der Waals surface area contributed by atoms with Crippen LogP contribution in [0.2, 0.25) is 5.02 Å². The van der Waals surface area contributed by atoms with Crippen LogP contribution < -0.4 is 15.0 Å². The summed E-state index contributed by atoms with van der Waals surface area (Å²) in [6.07, 6.45) is 5.94. The molecule has 0 unspecified atom stereocenters. The summed E-state index contributed by atoms with van der Waals surface area (Å²) >= 11 is 12.1. The predicted octanol–water partition coefficient (Wildman–Crippen LogP) is 4.26. The Morgan fingerprint density at radius 3 is 2.70 bits per heavy atom. The number of benzene rings is 1. The second-order valence-corrected chi connectivity index (χ2v) is 7.22. The molecule has 0 amide bonds. The molecule has 3 heterocycles. The van der Waals surface area contributed by atoms with Crippen LogP contribution in [0.25, 0.3) is 0 Å². The lowest BCUT2D eigenvalue weighted by atomic mass is 9.98. The van der Waals surface area contributed by atoms with Crippen LogP contribution in [0, 0.1) is 0 Å². The summed E-state index contributed by atoms with van der Waals surface area (Å²) in [5.41, 5.74) is 2.99. The van der Waals surface area contributed by atoms with E-state index in [4.69, 9.17) is 28.6 Å². The number of methoxy groups -OCH3 is 1. The summed E-state index contributed by atoms with van der Waals surface area (Å²) in [5.74, 6) is 0.635. The Morgan fingerprint density at radius 2 is 2.07 bits per heavy atom. The number of nitrogens with zero attached hydrogens (tertiary/aromatic N) is 3. The molecule has 2 aromatic heterocycles. The van der Waals surface area contributed by atoms with Crippen molar-refractivity contribution < 1.29 is 4.74 Å². The number of nitrogens with one attached hydrogen (secondary N) is 1. The third-order valence-electron chi connectivity index (χ3n) is 4.71. The Hall–Kier alpha value is -2.57.